The van der Waals surface area contributed by atoms with Crippen LogP contribution in [0.25, 0.3) is 0 Å². The van der Waals surface area contributed by atoms with Gasteiger partial charge in [-0.25, -0.2) is 0 Å². The van der Waals surface area contributed by atoms with Crippen LogP contribution in [-0.4, -0.2) is 29.7 Å². The number of amides is 1. The van der Waals surface area contributed by atoms with Gasteiger partial charge in [-0.2, -0.15) is 0 Å². The van der Waals surface area contributed by atoms with E-state index in [0.717, 1.165) is 18.9 Å². The highest BCUT2D eigenvalue weighted by Crippen LogP contribution is 2.28. The molecule has 3 nitrogen and oxygen atoms in total. The monoisotopic (exact) mass is 209 g/mol. The van der Waals surface area contributed by atoms with Crippen LogP contribution in [0.3, 0.4) is 0 Å². The molecular weight excluding hydrogens is 190 g/mol. The first-order chi connectivity index (χ1) is 7.25. The SMILES string of the molecule is O=C1CC(=O)N(CCCC2CCCC2)C1. The predicted octanol–water partition coefficient (Wildman–Crippen LogP) is 1.76. The molecule has 2 rings (SSSR count). The molecule has 0 N–H and O–H groups in total. The van der Waals surface area contributed by atoms with E-state index in [1.807, 2.05) is 0 Å². The third-order valence-electron chi connectivity index (χ3n) is 3.58. The van der Waals surface area contributed by atoms with Crippen molar-refractivity contribution >= 4 is 11.7 Å². The highest BCUT2D eigenvalue weighted by atomic mass is 16.2. The van der Waals surface area contributed by atoms with Crippen molar-refractivity contribution in [1.29, 1.82) is 0 Å². The summed E-state index contributed by atoms with van der Waals surface area (Å²) in [6.45, 7) is 1.16. The third kappa shape index (κ3) is 2.80. The predicted molar refractivity (Wildman–Crippen MR) is 57.4 cm³/mol. The van der Waals surface area contributed by atoms with Gasteiger partial charge in [0.2, 0.25) is 5.91 Å². The van der Waals surface area contributed by atoms with Crippen molar-refractivity contribution in [2.24, 2.45) is 5.92 Å². The van der Waals surface area contributed by atoms with Gasteiger partial charge in [0.15, 0.2) is 5.78 Å². The molecule has 0 aromatic heterocycles. The van der Waals surface area contributed by atoms with Crippen LogP contribution in [-0.2, 0) is 9.59 Å². The average molecular weight is 209 g/mol. The van der Waals surface area contributed by atoms with Crippen LogP contribution in [0.15, 0.2) is 0 Å². The number of hydrogen-bond acceptors (Lipinski definition) is 2. The molecule has 1 saturated heterocycles. The molecule has 2 aliphatic rings. The lowest BCUT2D eigenvalue weighted by Gasteiger charge is -2.15. The number of carbonyl (C=O) groups is 2. The Balaban J connectivity index is 1.65. The molecule has 0 radical (unpaired) electrons. The van der Waals surface area contributed by atoms with Gasteiger partial charge in [0.05, 0.1) is 13.0 Å². The summed E-state index contributed by atoms with van der Waals surface area (Å²) < 4.78 is 0. The van der Waals surface area contributed by atoms with E-state index in [9.17, 15) is 9.59 Å². The topological polar surface area (TPSA) is 37.4 Å². The number of rotatable bonds is 4. The molecule has 1 saturated carbocycles. The van der Waals surface area contributed by atoms with Gasteiger partial charge in [0.1, 0.15) is 0 Å². The Bertz CT molecular complexity index is 256. The van der Waals surface area contributed by atoms with Gasteiger partial charge in [-0.05, 0) is 18.8 Å². The summed E-state index contributed by atoms with van der Waals surface area (Å²) in [6.07, 6.45) is 7.95. The van der Waals surface area contributed by atoms with Gasteiger partial charge in [-0.3, -0.25) is 9.59 Å². The molecule has 0 aromatic carbocycles. The summed E-state index contributed by atoms with van der Waals surface area (Å²) in [4.78, 5) is 24.1. The van der Waals surface area contributed by atoms with Gasteiger partial charge in [0.25, 0.3) is 0 Å². The first-order valence-corrected chi connectivity index (χ1v) is 6.05. The molecule has 1 amide bonds. The van der Waals surface area contributed by atoms with E-state index >= 15 is 0 Å². The van der Waals surface area contributed by atoms with Crippen LogP contribution in [0.5, 0.6) is 0 Å². The number of ketones is 1. The molecule has 1 aliphatic heterocycles. The van der Waals surface area contributed by atoms with Gasteiger partial charge >= 0.3 is 0 Å². The molecule has 1 heterocycles. The molecule has 84 valence electrons. The van der Waals surface area contributed by atoms with Crippen LogP contribution in [0.4, 0.5) is 0 Å². The first-order valence-electron chi connectivity index (χ1n) is 6.05. The van der Waals surface area contributed by atoms with Gasteiger partial charge in [-0.15, -0.1) is 0 Å². The van der Waals surface area contributed by atoms with Crippen LogP contribution in [0, 0.1) is 5.92 Å². The standard InChI is InChI=1S/C12H19NO2/c14-11-8-12(15)13(9-11)7-3-6-10-4-1-2-5-10/h10H,1-9H2. The van der Waals surface area contributed by atoms with Crippen molar-refractivity contribution in [2.75, 3.05) is 13.1 Å². The maximum Gasteiger partial charge on any atom is 0.230 e. The molecule has 2 fully saturated rings. The molecule has 0 bridgehead atoms. The Morgan fingerprint density at radius 3 is 2.53 bits per heavy atom. The first kappa shape index (κ1) is 10.7. The van der Waals surface area contributed by atoms with Gasteiger partial charge in [0, 0.05) is 6.54 Å². The normalized spacial score (nSPS) is 23.1. The van der Waals surface area contributed by atoms with Crippen LogP contribution in [0.2, 0.25) is 0 Å². The molecule has 15 heavy (non-hydrogen) atoms. The minimum Gasteiger partial charge on any atom is -0.335 e. The highest BCUT2D eigenvalue weighted by molar-refractivity contribution is 6.05. The molecule has 0 aromatic rings. The van der Waals surface area contributed by atoms with E-state index in [1.54, 1.807) is 4.90 Å². The summed E-state index contributed by atoms with van der Waals surface area (Å²) >= 11 is 0. The van der Waals surface area contributed by atoms with Gasteiger partial charge < -0.3 is 4.90 Å². The van der Waals surface area contributed by atoms with Crippen LogP contribution in [0.1, 0.15) is 44.9 Å². The second kappa shape index (κ2) is 4.77. The fourth-order valence-electron chi connectivity index (χ4n) is 2.71. The maximum absolute atomic E-state index is 11.3. The minimum atomic E-state index is 0.0337. The van der Waals surface area contributed by atoms with E-state index in [0.29, 0.717) is 6.54 Å². The largest absolute Gasteiger partial charge is 0.335 e. The Labute approximate surface area is 90.8 Å². The quantitative estimate of drug-likeness (QED) is 0.662. The summed E-state index contributed by atoms with van der Waals surface area (Å²) in [5.41, 5.74) is 0. The zero-order valence-electron chi connectivity index (χ0n) is 9.21. The lowest BCUT2D eigenvalue weighted by molar-refractivity contribution is -0.127. The zero-order valence-corrected chi connectivity index (χ0v) is 9.21. The van der Waals surface area contributed by atoms with Crippen molar-refractivity contribution in [3.8, 4) is 0 Å². The van der Waals surface area contributed by atoms with Crippen molar-refractivity contribution in [3.05, 3.63) is 0 Å². The van der Waals surface area contributed by atoms with E-state index in [-0.39, 0.29) is 18.1 Å². The fourth-order valence-corrected chi connectivity index (χ4v) is 2.71. The van der Waals surface area contributed by atoms with Gasteiger partial charge in [-0.1, -0.05) is 25.7 Å². The number of carbonyl (C=O) groups excluding carboxylic acids is 2. The smallest absolute Gasteiger partial charge is 0.230 e. The number of Topliss-reactive ketones (excluding diaryl/α,β-unsaturated/α-hetero) is 1. The lowest BCUT2D eigenvalue weighted by atomic mass is 10.0. The molecule has 0 spiro atoms. The number of hydrogen-bond donors (Lipinski definition) is 0. The summed E-state index contributed by atoms with van der Waals surface area (Å²) in [5, 5.41) is 0. The second-order valence-corrected chi connectivity index (χ2v) is 4.82. The van der Waals surface area contributed by atoms with Crippen molar-refractivity contribution in [3.63, 3.8) is 0 Å². The van der Waals surface area contributed by atoms with Crippen molar-refractivity contribution < 1.29 is 9.59 Å². The van der Waals surface area contributed by atoms with Crippen LogP contribution < -0.4 is 0 Å². The van der Waals surface area contributed by atoms with Crippen molar-refractivity contribution in [2.45, 2.75) is 44.9 Å². The highest BCUT2D eigenvalue weighted by Gasteiger charge is 2.26. The fraction of sp³-hybridized carbons (Fsp3) is 0.833. The molecule has 3 heteroatoms. The summed E-state index contributed by atoms with van der Waals surface area (Å²) in [5.74, 6) is 1.01. The van der Waals surface area contributed by atoms with E-state index in [4.69, 9.17) is 0 Å². The molecule has 1 aliphatic carbocycles. The second-order valence-electron chi connectivity index (χ2n) is 4.82. The molecule has 0 atom stereocenters. The number of likely N-dealkylation sites (tertiary alicyclic amines) is 1. The Morgan fingerprint density at radius 1 is 1.20 bits per heavy atom. The minimum absolute atomic E-state index is 0.0337. The average Bonchev–Trinajstić information content (AvgIpc) is 2.77. The Kier molecular flexibility index (Phi) is 3.39. The lowest BCUT2D eigenvalue weighted by Crippen LogP contribution is -2.26. The Hall–Kier alpha value is -0.860. The van der Waals surface area contributed by atoms with Crippen LogP contribution >= 0.6 is 0 Å². The summed E-state index contributed by atoms with van der Waals surface area (Å²) in [6, 6.07) is 0. The molecule has 0 unspecified atom stereocenters. The van der Waals surface area contributed by atoms with E-state index in [2.05, 4.69) is 0 Å². The molecular formula is C12H19NO2. The zero-order chi connectivity index (χ0) is 10.7. The van der Waals surface area contributed by atoms with E-state index in [1.165, 1.54) is 32.1 Å². The summed E-state index contributed by atoms with van der Waals surface area (Å²) in [7, 11) is 0. The Morgan fingerprint density at radius 2 is 1.93 bits per heavy atom. The van der Waals surface area contributed by atoms with Crippen molar-refractivity contribution in [1.82, 2.24) is 4.90 Å². The third-order valence-corrected chi connectivity index (χ3v) is 3.58. The maximum atomic E-state index is 11.3. The number of nitrogens with zero attached hydrogens (tertiary/aromatic N) is 1. The van der Waals surface area contributed by atoms with E-state index < -0.39 is 0 Å².